The molecule has 0 heterocycles. The van der Waals surface area contributed by atoms with E-state index in [1.165, 1.54) is 25.7 Å². The van der Waals surface area contributed by atoms with Crippen LogP contribution in [-0.4, -0.2) is 11.1 Å². The first-order valence-electron chi connectivity index (χ1n) is 7.94. The van der Waals surface area contributed by atoms with Crippen LogP contribution in [0.4, 0.5) is 0 Å². The molecule has 108 valence electrons. The number of aliphatic carboxylic acids is 1. The van der Waals surface area contributed by atoms with Crippen molar-refractivity contribution in [3.63, 3.8) is 0 Å². The second-order valence-corrected chi connectivity index (χ2v) is 6.75. The van der Waals surface area contributed by atoms with Gasteiger partial charge in [-0.25, -0.2) is 0 Å². The molecule has 1 N–H and O–H groups in total. The Balaban J connectivity index is 1.88. The highest BCUT2D eigenvalue weighted by Crippen LogP contribution is 2.52. The van der Waals surface area contributed by atoms with Crippen LogP contribution in [0.1, 0.15) is 51.0 Å². The molecule has 0 aromatic heterocycles. The summed E-state index contributed by atoms with van der Waals surface area (Å²) in [6, 6.07) is 9.87. The summed E-state index contributed by atoms with van der Waals surface area (Å²) in [5, 5.41) is 9.91. The van der Waals surface area contributed by atoms with Crippen molar-refractivity contribution >= 4 is 5.97 Å². The fourth-order valence-corrected chi connectivity index (χ4v) is 4.66. The van der Waals surface area contributed by atoms with Crippen molar-refractivity contribution in [3.8, 4) is 0 Å². The van der Waals surface area contributed by atoms with Crippen molar-refractivity contribution in [1.29, 1.82) is 0 Å². The van der Waals surface area contributed by atoms with Crippen molar-refractivity contribution in [1.82, 2.24) is 0 Å². The maximum Gasteiger partial charge on any atom is 0.314 e. The van der Waals surface area contributed by atoms with Gasteiger partial charge in [-0.2, -0.15) is 0 Å². The highest BCUT2D eigenvalue weighted by Gasteiger charge is 2.47. The van der Waals surface area contributed by atoms with Gasteiger partial charge < -0.3 is 5.11 Å². The summed E-state index contributed by atoms with van der Waals surface area (Å²) in [5.74, 6) is 1.64. The summed E-state index contributed by atoms with van der Waals surface area (Å²) in [5.41, 5.74) is 0.300. The Hall–Kier alpha value is -1.31. The average Bonchev–Trinajstić information content (AvgIpc) is 3.08. The normalized spacial score (nSPS) is 31.1. The van der Waals surface area contributed by atoms with Gasteiger partial charge in [-0.05, 0) is 55.4 Å². The average molecular weight is 272 g/mol. The van der Waals surface area contributed by atoms with Crippen LogP contribution in [0.2, 0.25) is 0 Å². The Morgan fingerprint density at radius 3 is 2.50 bits per heavy atom. The fourth-order valence-electron chi connectivity index (χ4n) is 4.66. The molecule has 1 aromatic rings. The molecule has 4 atom stereocenters. The maximum absolute atomic E-state index is 12.0. The SMILES string of the molecule is CCC(CC1CC2CCC1C2)(C(=O)O)c1ccccc1. The molecule has 2 aliphatic carbocycles. The van der Waals surface area contributed by atoms with Crippen LogP contribution in [0.25, 0.3) is 0 Å². The van der Waals surface area contributed by atoms with Gasteiger partial charge in [0.25, 0.3) is 0 Å². The zero-order valence-electron chi connectivity index (χ0n) is 12.2. The van der Waals surface area contributed by atoms with E-state index in [1.807, 2.05) is 37.3 Å². The van der Waals surface area contributed by atoms with Gasteiger partial charge in [-0.1, -0.05) is 43.7 Å². The van der Waals surface area contributed by atoms with Gasteiger partial charge in [0.15, 0.2) is 0 Å². The van der Waals surface area contributed by atoms with Crippen molar-refractivity contribution < 1.29 is 9.90 Å². The van der Waals surface area contributed by atoms with Crippen molar-refractivity contribution in [2.75, 3.05) is 0 Å². The molecule has 0 radical (unpaired) electrons. The zero-order valence-corrected chi connectivity index (χ0v) is 12.2. The molecule has 0 saturated heterocycles. The minimum absolute atomic E-state index is 0.616. The summed E-state index contributed by atoms with van der Waals surface area (Å²) >= 11 is 0. The van der Waals surface area contributed by atoms with Gasteiger partial charge in [0.05, 0.1) is 5.41 Å². The van der Waals surface area contributed by atoms with E-state index in [-0.39, 0.29) is 0 Å². The summed E-state index contributed by atoms with van der Waals surface area (Å²) in [7, 11) is 0. The molecule has 2 nitrogen and oxygen atoms in total. The molecule has 2 aliphatic rings. The third kappa shape index (κ3) is 2.15. The predicted octanol–water partition coefficient (Wildman–Crippen LogP) is 4.25. The van der Waals surface area contributed by atoms with E-state index >= 15 is 0 Å². The van der Waals surface area contributed by atoms with Crippen molar-refractivity contribution in [2.24, 2.45) is 17.8 Å². The van der Waals surface area contributed by atoms with Gasteiger partial charge in [0.2, 0.25) is 0 Å². The first kappa shape index (κ1) is 13.7. The van der Waals surface area contributed by atoms with Gasteiger partial charge in [0, 0.05) is 0 Å². The van der Waals surface area contributed by atoms with E-state index in [1.54, 1.807) is 0 Å². The lowest BCUT2D eigenvalue weighted by molar-refractivity contribution is -0.145. The minimum atomic E-state index is -0.684. The van der Waals surface area contributed by atoms with E-state index in [2.05, 4.69) is 0 Å². The molecule has 0 aliphatic heterocycles. The smallest absolute Gasteiger partial charge is 0.314 e. The molecule has 2 saturated carbocycles. The minimum Gasteiger partial charge on any atom is -0.481 e. The number of hydrogen-bond donors (Lipinski definition) is 1. The van der Waals surface area contributed by atoms with E-state index in [4.69, 9.17) is 0 Å². The van der Waals surface area contributed by atoms with Crippen molar-refractivity contribution in [3.05, 3.63) is 35.9 Å². The Bertz CT molecular complexity index is 481. The first-order chi connectivity index (χ1) is 9.65. The maximum atomic E-state index is 12.0. The summed E-state index contributed by atoms with van der Waals surface area (Å²) in [6.07, 6.45) is 6.80. The number of hydrogen-bond acceptors (Lipinski definition) is 1. The first-order valence-corrected chi connectivity index (χ1v) is 7.94. The molecular formula is C18H24O2. The summed E-state index contributed by atoms with van der Waals surface area (Å²) in [6.45, 7) is 2.02. The number of rotatable bonds is 5. The van der Waals surface area contributed by atoms with Crippen LogP contribution in [0, 0.1) is 17.8 Å². The van der Waals surface area contributed by atoms with Crippen LogP contribution >= 0.6 is 0 Å². The highest BCUT2D eigenvalue weighted by atomic mass is 16.4. The number of carboxylic acid groups (broad SMARTS) is 1. The van der Waals surface area contributed by atoms with Crippen LogP contribution in [0.5, 0.6) is 0 Å². The van der Waals surface area contributed by atoms with Gasteiger partial charge >= 0.3 is 5.97 Å². The monoisotopic (exact) mass is 272 g/mol. The quantitative estimate of drug-likeness (QED) is 0.870. The van der Waals surface area contributed by atoms with Gasteiger partial charge in [0.1, 0.15) is 0 Å². The molecule has 20 heavy (non-hydrogen) atoms. The second-order valence-electron chi connectivity index (χ2n) is 6.75. The number of fused-ring (bicyclic) bond motifs is 2. The van der Waals surface area contributed by atoms with E-state index in [0.29, 0.717) is 12.3 Å². The number of benzene rings is 1. The topological polar surface area (TPSA) is 37.3 Å². The predicted molar refractivity (Wildman–Crippen MR) is 79.6 cm³/mol. The molecule has 0 amide bonds. The standard InChI is InChI=1S/C18H24O2/c1-2-18(17(19)20,16-6-4-3-5-7-16)12-15-11-13-8-9-14(15)10-13/h3-7,13-15H,2,8-12H2,1H3,(H,19,20). The lowest BCUT2D eigenvalue weighted by Gasteiger charge is -2.34. The number of carbonyl (C=O) groups is 1. The molecular weight excluding hydrogens is 248 g/mol. The molecule has 2 heteroatoms. The van der Waals surface area contributed by atoms with E-state index < -0.39 is 11.4 Å². The largest absolute Gasteiger partial charge is 0.481 e. The van der Waals surface area contributed by atoms with Gasteiger partial charge in [-0.15, -0.1) is 0 Å². The fraction of sp³-hybridized carbons (Fsp3) is 0.611. The molecule has 4 unspecified atom stereocenters. The third-order valence-electron chi connectivity index (χ3n) is 5.83. The van der Waals surface area contributed by atoms with Crippen molar-refractivity contribution in [2.45, 2.75) is 50.9 Å². The lowest BCUT2D eigenvalue weighted by Crippen LogP contribution is -2.38. The lowest BCUT2D eigenvalue weighted by atomic mass is 9.69. The molecule has 1 aromatic carbocycles. The van der Waals surface area contributed by atoms with Crippen LogP contribution in [0.3, 0.4) is 0 Å². The van der Waals surface area contributed by atoms with E-state index in [9.17, 15) is 9.90 Å². The third-order valence-corrected chi connectivity index (χ3v) is 5.83. The molecule has 0 spiro atoms. The Labute approximate surface area is 121 Å². The van der Waals surface area contributed by atoms with Crippen LogP contribution in [0.15, 0.2) is 30.3 Å². The molecule has 2 fully saturated rings. The Morgan fingerprint density at radius 2 is 2.00 bits per heavy atom. The van der Waals surface area contributed by atoms with Gasteiger partial charge in [-0.3, -0.25) is 4.79 Å². The number of carboxylic acids is 1. The zero-order chi connectivity index (χ0) is 14.2. The van der Waals surface area contributed by atoms with Crippen LogP contribution in [-0.2, 0) is 10.2 Å². The summed E-state index contributed by atoms with van der Waals surface area (Å²) in [4.78, 5) is 12.0. The molecule has 2 bridgehead atoms. The Kier molecular flexibility index (Phi) is 3.57. The Morgan fingerprint density at radius 1 is 1.25 bits per heavy atom. The van der Waals surface area contributed by atoms with E-state index in [0.717, 1.165) is 23.8 Å². The second kappa shape index (κ2) is 5.23. The highest BCUT2D eigenvalue weighted by molar-refractivity contribution is 5.81. The van der Waals surface area contributed by atoms with Crippen LogP contribution < -0.4 is 0 Å². The summed E-state index contributed by atoms with van der Waals surface area (Å²) < 4.78 is 0. The molecule has 3 rings (SSSR count).